The number of hydrogen-bond donors (Lipinski definition) is 0. The Balaban J connectivity index is 3.82. The third kappa shape index (κ3) is 2.86. The summed E-state index contributed by atoms with van der Waals surface area (Å²) in [4.78, 5) is 0. The molecule has 0 atom stereocenters. The summed E-state index contributed by atoms with van der Waals surface area (Å²) in [6.45, 7) is 50.8. The summed E-state index contributed by atoms with van der Waals surface area (Å²) in [7, 11) is 0. The van der Waals surface area contributed by atoms with Crippen molar-refractivity contribution in [2.45, 2.75) is 138 Å². The third-order valence-electron chi connectivity index (χ3n) is 15.6. The molecule has 1 aliphatic carbocycles. The molecule has 190 valence electrons. The van der Waals surface area contributed by atoms with Crippen molar-refractivity contribution in [2.24, 2.45) is 54.1 Å². The van der Waals surface area contributed by atoms with Crippen LogP contribution in [0.2, 0.25) is 0 Å². The van der Waals surface area contributed by atoms with Gasteiger partial charge >= 0.3 is 216 Å². The van der Waals surface area contributed by atoms with E-state index in [0.717, 1.165) is 0 Å². The molecule has 0 bridgehead atoms. The zero-order chi connectivity index (χ0) is 26.6. The Morgan fingerprint density at radius 3 is 1.03 bits per heavy atom. The van der Waals surface area contributed by atoms with Crippen LogP contribution in [0.5, 0.6) is 0 Å². The van der Waals surface area contributed by atoms with Crippen molar-refractivity contribution < 1.29 is 19.4 Å². The van der Waals surface area contributed by atoms with E-state index in [9.17, 15) is 0 Å². The van der Waals surface area contributed by atoms with E-state index >= 15 is 0 Å². The molecule has 0 aromatic rings. The molecule has 0 saturated heterocycles. The van der Waals surface area contributed by atoms with Crippen LogP contribution in [0.3, 0.4) is 0 Å². The molecule has 1 fully saturated rings. The minimum atomic E-state index is 0.101. The van der Waals surface area contributed by atoms with E-state index in [2.05, 4.69) is 138 Å². The molecule has 0 aromatic carbocycles. The quantitative estimate of drug-likeness (QED) is 0.267. The van der Waals surface area contributed by atoms with E-state index in [1.807, 2.05) is 0 Å². The molecule has 0 amide bonds. The summed E-state index contributed by atoms with van der Waals surface area (Å²) >= 11 is 1.62. The van der Waals surface area contributed by atoms with E-state index in [-0.39, 0.29) is 48.7 Å². The van der Waals surface area contributed by atoms with Gasteiger partial charge in [-0.2, -0.15) is 0 Å². The Hall–Kier alpha value is 0.558. The van der Waals surface area contributed by atoms with Crippen LogP contribution in [0.4, 0.5) is 0 Å². The molecule has 0 N–H and O–H groups in total. The first-order valence-corrected chi connectivity index (χ1v) is 14.4. The second-order valence-electron chi connectivity index (χ2n) is 16.3. The van der Waals surface area contributed by atoms with Gasteiger partial charge in [-0.1, -0.05) is 0 Å². The van der Waals surface area contributed by atoms with Crippen molar-refractivity contribution in [2.75, 3.05) is 0 Å². The van der Waals surface area contributed by atoms with Crippen LogP contribution in [0, 0.1) is 54.1 Å². The van der Waals surface area contributed by atoms with Crippen LogP contribution in [-0.4, -0.2) is 3.90 Å². The molecule has 1 saturated carbocycles. The summed E-state index contributed by atoms with van der Waals surface area (Å²) < 4.78 is 1.61. The molecule has 0 aromatic heterocycles. The van der Waals surface area contributed by atoms with Gasteiger partial charge in [0.05, 0.1) is 0 Å². The van der Waals surface area contributed by atoms with Gasteiger partial charge in [-0.25, -0.2) is 0 Å². The monoisotopic (exact) mass is 616 g/mol. The van der Waals surface area contributed by atoms with Gasteiger partial charge in [0.15, 0.2) is 0 Å². The molecule has 1 rings (SSSR count). The normalized spacial score (nSPS) is 23.5. The topological polar surface area (TPSA) is 0 Å². The standard InChI is InChI=1S/C31H60.W/c1-21-22(2,3)23(4,5)24(6,7)25(8,9)26(10,11)28(14,15)31(20)29(16,17)27(12,13)30(31,18)19;/h1-20H3;. The first-order chi connectivity index (χ1) is 13.4. The fourth-order valence-electron chi connectivity index (χ4n) is 8.50. The van der Waals surface area contributed by atoms with Gasteiger partial charge < -0.3 is 0 Å². The van der Waals surface area contributed by atoms with Crippen LogP contribution in [0.1, 0.15) is 138 Å². The molecule has 0 aliphatic heterocycles. The van der Waals surface area contributed by atoms with Crippen molar-refractivity contribution in [3.63, 3.8) is 0 Å². The van der Waals surface area contributed by atoms with Crippen LogP contribution < -0.4 is 0 Å². The summed E-state index contributed by atoms with van der Waals surface area (Å²) in [6.07, 6.45) is 0. The average Bonchev–Trinajstić information content (AvgIpc) is 2.58. The number of hydrogen-bond acceptors (Lipinski definition) is 0. The zero-order valence-corrected chi connectivity index (χ0v) is 28.8. The van der Waals surface area contributed by atoms with Crippen LogP contribution >= 0.6 is 0 Å². The fourth-order valence-corrected chi connectivity index (χ4v) is 9.42. The van der Waals surface area contributed by atoms with Crippen molar-refractivity contribution in [3.05, 3.63) is 0 Å². The molecule has 1 aliphatic rings. The van der Waals surface area contributed by atoms with Gasteiger partial charge in [0, 0.05) is 0 Å². The molecule has 0 spiro atoms. The molecular formula is C31H60W. The van der Waals surface area contributed by atoms with Crippen LogP contribution in [-0.2, 0) is 19.4 Å². The predicted molar refractivity (Wildman–Crippen MR) is 143 cm³/mol. The van der Waals surface area contributed by atoms with Gasteiger partial charge in [-0.3, -0.25) is 0 Å². The minimum absolute atomic E-state index is 0.101. The predicted octanol–water partition coefficient (Wildman–Crippen LogP) is 9.98. The summed E-state index contributed by atoms with van der Waals surface area (Å²) in [5.41, 5.74) is 1.76. The van der Waals surface area contributed by atoms with Crippen LogP contribution in [0.25, 0.3) is 0 Å². The van der Waals surface area contributed by atoms with E-state index in [0.29, 0.717) is 5.41 Å². The fraction of sp³-hybridized carbons (Fsp3) is 0.968. The first-order valence-electron chi connectivity index (χ1n) is 13.0. The summed E-state index contributed by atoms with van der Waals surface area (Å²) in [6, 6.07) is 0. The SMILES string of the molecule is C[C](=[W])C(C)(C)C(C)(C)C(C)(C)C(C)(C)C(C)(C)C(C)(C)C1(C)C(C)(C)C(C)(C)C1(C)C. The second-order valence-corrected chi connectivity index (χ2v) is 18.5. The van der Waals surface area contributed by atoms with E-state index < -0.39 is 0 Å². The summed E-state index contributed by atoms with van der Waals surface area (Å²) in [5, 5.41) is 0. The molecular weight excluding hydrogens is 556 g/mol. The van der Waals surface area contributed by atoms with Gasteiger partial charge in [-0.05, 0) is 0 Å². The van der Waals surface area contributed by atoms with Crippen LogP contribution in [0.15, 0.2) is 0 Å². The van der Waals surface area contributed by atoms with Gasteiger partial charge in [0.2, 0.25) is 0 Å². The van der Waals surface area contributed by atoms with Gasteiger partial charge in [0.1, 0.15) is 0 Å². The van der Waals surface area contributed by atoms with E-state index in [1.54, 1.807) is 23.3 Å². The second kappa shape index (κ2) is 7.30. The Bertz CT molecular complexity index is 744. The Morgan fingerprint density at radius 2 is 0.750 bits per heavy atom. The summed E-state index contributed by atoms with van der Waals surface area (Å²) in [5.74, 6) is 0. The Labute approximate surface area is 215 Å². The number of rotatable bonds is 7. The maximum absolute atomic E-state index is 2.62. The Morgan fingerprint density at radius 1 is 0.469 bits per heavy atom. The van der Waals surface area contributed by atoms with Crippen molar-refractivity contribution >= 4 is 3.90 Å². The molecule has 0 radical (unpaired) electrons. The van der Waals surface area contributed by atoms with E-state index in [4.69, 9.17) is 0 Å². The Kier molecular flexibility index (Phi) is 6.97. The molecule has 32 heavy (non-hydrogen) atoms. The maximum atomic E-state index is 2.62. The molecule has 1 heteroatoms. The zero-order valence-electron chi connectivity index (χ0n) is 25.9. The third-order valence-corrected chi connectivity index (χ3v) is 17.4. The van der Waals surface area contributed by atoms with E-state index in [1.165, 1.54) is 0 Å². The van der Waals surface area contributed by atoms with Crippen molar-refractivity contribution in [1.29, 1.82) is 0 Å². The van der Waals surface area contributed by atoms with Gasteiger partial charge in [0.25, 0.3) is 0 Å². The molecule has 0 unspecified atom stereocenters. The average molecular weight is 617 g/mol. The molecule has 0 nitrogen and oxygen atoms in total. The van der Waals surface area contributed by atoms with Gasteiger partial charge in [-0.15, -0.1) is 0 Å². The van der Waals surface area contributed by atoms with Crippen molar-refractivity contribution in [3.8, 4) is 0 Å². The molecule has 0 heterocycles. The van der Waals surface area contributed by atoms with Crippen molar-refractivity contribution in [1.82, 2.24) is 0 Å². The first kappa shape index (κ1) is 30.6.